The molecule has 1 aromatic carbocycles. The number of phenolic OH excluding ortho intramolecular Hbond substituents is 2. The molecule has 0 unspecified atom stereocenters. The first kappa shape index (κ1) is 13.2. The van der Waals surface area contributed by atoms with Gasteiger partial charge in [-0.2, -0.15) is 0 Å². The standard InChI is InChI=1S/C13H16O4/c1-7-6-11(9(3)15)13(17)10(12(7)16)5-4-8(2)14/h6,16-17H,4-5H2,1-3H3. The lowest BCUT2D eigenvalue weighted by molar-refractivity contribution is -0.116. The van der Waals surface area contributed by atoms with Gasteiger partial charge in [0.25, 0.3) is 0 Å². The van der Waals surface area contributed by atoms with Crippen LogP contribution in [0, 0.1) is 6.92 Å². The fourth-order valence-electron chi connectivity index (χ4n) is 1.67. The first-order valence-electron chi connectivity index (χ1n) is 5.39. The molecule has 0 aromatic heterocycles. The van der Waals surface area contributed by atoms with Crippen LogP contribution in [0.2, 0.25) is 0 Å². The van der Waals surface area contributed by atoms with Crippen LogP contribution >= 0.6 is 0 Å². The molecule has 4 heteroatoms. The van der Waals surface area contributed by atoms with Crippen LogP contribution in [0.1, 0.15) is 41.8 Å². The SMILES string of the molecule is CC(=O)CCc1c(O)c(C)cc(C(C)=O)c1O. The highest BCUT2D eigenvalue weighted by molar-refractivity contribution is 5.97. The molecule has 0 radical (unpaired) electrons. The van der Waals surface area contributed by atoms with Gasteiger partial charge in [0.05, 0.1) is 5.56 Å². The third-order valence-electron chi connectivity index (χ3n) is 2.67. The minimum absolute atomic E-state index is 0.0327. The van der Waals surface area contributed by atoms with Gasteiger partial charge >= 0.3 is 0 Å². The van der Waals surface area contributed by atoms with Crippen LogP contribution in [-0.2, 0) is 11.2 Å². The molecular formula is C13H16O4. The van der Waals surface area contributed by atoms with Crippen LogP contribution in [0.5, 0.6) is 11.5 Å². The van der Waals surface area contributed by atoms with E-state index in [0.29, 0.717) is 5.56 Å². The van der Waals surface area contributed by atoms with E-state index in [2.05, 4.69) is 0 Å². The highest BCUT2D eigenvalue weighted by Crippen LogP contribution is 2.35. The molecular weight excluding hydrogens is 220 g/mol. The molecule has 4 nitrogen and oxygen atoms in total. The zero-order chi connectivity index (χ0) is 13.2. The summed E-state index contributed by atoms with van der Waals surface area (Å²) in [6, 6.07) is 1.45. The predicted octanol–water partition coefficient (Wildman–Crippen LogP) is 2.13. The molecule has 0 amide bonds. The first-order chi connectivity index (χ1) is 7.84. The maximum absolute atomic E-state index is 11.3. The number of carbonyl (C=O) groups is 2. The normalized spacial score (nSPS) is 10.3. The number of benzene rings is 1. The molecule has 0 aliphatic heterocycles. The fourth-order valence-corrected chi connectivity index (χ4v) is 1.67. The van der Waals surface area contributed by atoms with Crippen molar-refractivity contribution < 1.29 is 19.8 Å². The lowest BCUT2D eigenvalue weighted by atomic mass is 9.97. The van der Waals surface area contributed by atoms with Crippen molar-refractivity contribution in [3.63, 3.8) is 0 Å². The van der Waals surface area contributed by atoms with E-state index in [1.54, 1.807) is 6.92 Å². The summed E-state index contributed by atoms with van der Waals surface area (Å²) < 4.78 is 0. The van der Waals surface area contributed by atoms with E-state index in [0.717, 1.165) is 0 Å². The second-order valence-corrected chi connectivity index (χ2v) is 4.17. The summed E-state index contributed by atoms with van der Waals surface area (Å²) in [5, 5.41) is 19.7. The highest BCUT2D eigenvalue weighted by atomic mass is 16.3. The Labute approximate surface area is 99.9 Å². The Bertz CT molecular complexity index is 475. The van der Waals surface area contributed by atoms with Crippen molar-refractivity contribution in [2.45, 2.75) is 33.6 Å². The van der Waals surface area contributed by atoms with E-state index < -0.39 is 0 Å². The molecule has 0 saturated heterocycles. The quantitative estimate of drug-likeness (QED) is 0.785. The van der Waals surface area contributed by atoms with Crippen molar-refractivity contribution in [1.82, 2.24) is 0 Å². The lowest BCUT2D eigenvalue weighted by Gasteiger charge is -2.12. The smallest absolute Gasteiger partial charge is 0.163 e. The van der Waals surface area contributed by atoms with Crippen LogP contribution in [0.25, 0.3) is 0 Å². The van der Waals surface area contributed by atoms with E-state index in [4.69, 9.17) is 0 Å². The van der Waals surface area contributed by atoms with E-state index in [-0.39, 0.29) is 47.0 Å². The second-order valence-electron chi connectivity index (χ2n) is 4.17. The van der Waals surface area contributed by atoms with Gasteiger partial charge in [0.15, 0.2) is 5.78 Å². The zero-order valence-electron chi connectivity index (χ0n) is 10.2. The molecule has 0 atom stereocenters. The molecule has 0 spiro atoms. The first-order valence-corrected chi connectivity index (χ1v) is 5.39. The summed E-state index contributed by atoms with van der Waals surface area (Å²) in [6.07, 6.45) is 0.455. The Hall–Kier alpha value is -1.84. The maximum atomic E-state index is 11.3. The Balaban J connectivity index is 3.26. The highest BCUT2D eigenvalue weighted by Gasteiger charge is 2.17. The third kappa shape index (κ3) is 2.84. The minimum atomic E-state index is -0.269. The summed E-state index contributed by atoms with van der Waals surface area (Å²) in [7, 11) is 0. The van der Waals surface area contributed by atoms with Gasteiger partial charge in [0, 0.05) is 12.0 Å². The summed E-state index contributed by atoms with van der Waals surface area (Å²) in [6.45, 7) is 4.44. The van der Waals surface area contributed by atoms with Crippen molar-refractivity contribution in [1.29, 1.82) is 0 Å². The van der Waals surface area contributed by atoms with Gasteiger partial charge in [-0.15, -0.1) is 0 Å². The topological polar surface area (TPSA) is 74.6 Å². The zero-order valence-corrected chi connectivity index (χ0v) is 10.2. The van der Waals surface area contributed by atoms with Crippen LogP contribution in [-0.4, -0.2) is 21.8 Å². The number of aromatic hydroxyl groups is 2. The van der Waals surface area contributed by atoms with Gasteiger partial charge < -0.3 is 15.0 Å². The molecule has 1 rings (SSSR count). The van der Waals surface area contributed by atoms with Crippen molar-refractivity contribution in [3.05, 3.63) is 22.8 Å². The van der Waals surface area contributed by atoms with Gasteiger partial charge in [-0.3, -0.25) is 4.79 Å². The Morgan fingerprint density at radius 2 is 1.76 bits per heavy atom. The number of hydrogen-bond acceptors (Lipinski definition) is 4. The average molecular weight is 236 g/mol. The molecule has 92 valence electrons. The Kier molecular flexibility index (Phi) is 3.89. The largest absolute Gasteiger partial charge is 0.507 e. The van der Waals surface area contributed by atoms with Gasteiger partial charge in [0.2, 0.25) is 0 Å². The van der Waals surface area contributed by atoms with E-state index in [9.17, 15) is 19.8 Å². The molecule has 0 aliphatic carbocycles. The molecule has 0 aliphatic rings. The summed E-state index contributed by atoms with van der Waals surface area (Å²) in [5.74, 6) is -0.569. The number of phenols is 2. The number of hydrogen-bond donors (Lipinski definition) is 2. The molecule has 17 heavy (non-hydrogen) atoms. The third-order valence-corrected chi connectivity index (χ3v) is 2.67. The van der Waals surface area contributed by atoms with E-state index in [1.165, 1.54) is 19.9 Å². The second kappa shape index (κ2) is 4.99. The fraction of sp³-hybridized carbons (Fsp3) is 0.385. The van der Waals surface area contributed by atoms with Gasteiger partial charge in [0.1, 0.15) is 17.3 Å². The number of carbonyl (C=O) groups excluding carboxylic acids is 2. The Morgan fingerprint density at radius 1 is 1.18 bits per heavy atom. The van der Waals surface area contributed by atoms with Crippen molar-refractivity contribution >= 4 is 11.6 Å². The summed E-state index contributed by atoms with van der Waals surface area (Å²) in [4.78, 5) is 22.2. The molecule has 0 fully saturated rings. The van der Waals surface area contributed by atoms with Gasteiger partial charge in [-0.05, 0) is 38.8 Å². The van der Waals surface area contributed by atoms with Crippen molar-refractivity contribution in [3.8, 4) is 11.5 Å². The minimum Gasteiger partial charge on any atom is -0.507 e. The lowest BCUT2D eigenvalue weighted by Crippen LogP contribution is -2.01. The van der Waals surface area contributed by atoms with Crippen LogP contribution in [0.3, 0.4) is 0 Å². The predicted molar refractivity (Wildman–Crippen MR) is 63.5 cm³/mol. The monoisotopic (exact) mass is 236 g/mol. The van der Waals surface area contributed by atoms with Crippen LogP contribution in [0.15, 0.2) is 6.07 Å². The van der Waals surface area contributed by atoms with Crippen molar-refractivity contribution in [2.75, 3.05) is 0 Å². The molecule has 1 aromatic rings. The summed E-state index contributed by atoms with van der Waals surface area (Å²) in [5.41, 5.74) is 0.968. The van der Waals surface area contributed by atoms with Gasteiger partial charge in [-0.1, -0.05) is 0 Å². The average Bonchev–Trinajstić information content (AvgIpc) is 2.22. The van der Waals surface area contributed by atoms with E-state index in [1.807, 2.05) is 0 Å². The maximum Gasteiger partial charge on any atom is 0.163 e. The number of aryl methyl sites for hydroxylation is 1. The Morgan fingerprint density at radius 3 is 2.24 bits per heavy atom. The van der Waals surface area contributed by atoms with Gasteiger partial charge in [-0.25, -0.2) is 0 Å². The number of rotatable bonds is 4. The molecule has 2 N–H and O–H groups in total. The van der Waals surface area contributed by atoms with E-state index >= 15 is 0 Å². The van der Waals surface area contributed by atoms with Crippen molar-refractivity contribution in [2.24, 2.45) is 0 Å². The molecule has 0 bridgehead atoms. The molecule has 0 saturated carbocycles. The number of ketones is 2. The van der Waals surface area contributed by atoms with Crippen LogP contribution in [0.4, 0.5) is 0 Å². The number of Topliss-reactive ketones (excluding diaryl/α,β-unsaturated/α-hetero) is 2. The molecule has 0 heterocycles. The summed E-state index contributed by atoms with van der Waals surface area (Å²) >= 11 is 0. The van der Waals surface area contributed by atoms with Crippen LogP contribution < -0.4 is 0 Å².